The zero-order chi connectivity index (χ0) is 20.6. The molecule has 0 radical (unpaired) electrons. The number of benzene rings is 2. The van der Waals surface area contributed by atoms with Crippen LogP contribution in [0.15, 0.2) is 60.7 Å². The van der Waals surface area contributed by atoms with Crippen LogP contribution in [0.1, 0.15) is 50.5 Å². The van der Waals surface area contributed by atoms with Gasteiger partial charge < -0.3 is 14.2 Å². The van der Waals surface area contributed by atoms with Crippen LogP contribution in [0, 0.1) is 0 Å². The second-order valence-electron chi connectivity index (χ2n) is 6.80. The zero-order valence-electron chi connectivity index (χ0n) is 16.9. The van der Waals surface area contributed by atoms with Gasteiger partial charge in [-0.15, -0.1) is 0 Å². The molecule has 0 saturated heterocycles. The second-order valence-corrected chi connectivity index (χ2v) is 6.80. The molecule has 0 atom stereocenters. The minimum absolute atomic E-state index is 0.157. The molecule has 0 saturated carbocycles. The molecule has 5 nitrogen and oxygen atoms in total. The lowest BCUT2D eigenvalue weighted by molar-refractivity contribution is -0.145. The van der Waals surface area contributed by atoms with Crippen molar-refractivity contribution >= 4 is 11.9 Å². The molecule has 156 valence electrons. The number of ether oxygens (including phenoxy) is 3. The number of para-hydroxylation sites is 1. The van der Waals surface area contributed by atoms with Crippen LogP contribution in [0.3, 0.4) is 0 Å². The lowest BCUT2D eigenvalue weighted by Gasteiger charge is -2.07. The number of rotatable bonds is 14. The van der Waals surface area contributed by atoms with Gasteiger partial charge in [0.25, 0.3) is 0 Å². The van der Waals surface area contributed by atoms with E-state index in [0.29, 0.717) is 26.1 Å². The van der Waals surface area contributed by atoms with Gasteiger partial charge in [0.1, 0.15) is 25.6 Å². The van der Waals surface area contributed by atoms with E-state index in [2.05, 4.69) is 0 Å². The van der Waals surface area contributed by atoms with Gasteiger partial charge in [-0.3, -0.25) is 9.59 Å². The van der Waals surface area contributed by atoms with Gasteiger partial charge in [-0.25, -0.2) is 0 Å². The molecule has 0 N–H and O–H groups in total. The third-order valence-electron chi connectivity index (χ3n) is 4.36. The van der Waals surface area contributed by atoms with Crippen molar-refractivity contribution in [1.82, 2.24) is 0 Å². The molecular weight excluding hydrogens is 368 g/mol. The molecule has 0 fully saturated rings. The van der Waals surface area contributed by atoms with E-state index in [1.807, 2.05) is 60.7 Å². The normalized spacial score (nSPS) is 10.3. The van der Waals surface area contributed by atoms with E-state index in [0.717, 1.165) is 43.4 Å². The Kier molecular flexibility index (Phi) is 11.0. The first-order chi connectivity index (χ1) is 14.2. The molecule has 2 rings (SSSR count). The number of hydrogen-bond donors (Lipinski definition) is 0. The molecule has 0 aromatic heterocycles. The smallest absolute Gasteiger partial charge is 0.306 e. The molecular formula is C24H30O5. The maximum absolute atomic E-state index is 11.7. The molecule has 5 heteroatoms. The van der Waals surface area contributed by atoms with Crippen LogP contribution < -0.4 is 4.74 Å². The SMILES string of the molecule is O=C(CCCCCCCC(=O)OCc1ccccc1)OCCOc1ccccc1. The first-order valence-electron chi connectivity index (χ1n) is 10.3. The van der Waals surface area contributed by atoms with Gasteiger partial charge in [0.05, 0.1) is 0 Å². The fourth-order valence-electron chi connectivity index (χ4n) is 2.78. The minimum Gasteiger partial charge on any atom is -0.490 e. The maximum atomic E-state index is 11.7. The summed E-state index contributed by atoms with van der Waals surface area (Å²) < 4.78 is 15.9. The minimum atomic E-state index is -0.189. The Morgan fingerprint density at radius 3 is 1.83 bits per heavy atom. The Hall–Kier alpha value is -2.82. The highest BCUT2D eigenvalue weighted by Gasteiger charge is 2.05. The van der Waals surface area contributed by atoms with E-state index in [9.17, 15) is 9.59 Å². The molecule has 2 aromatic rings. The number of hydrogen-bond acceptors (Lipinski definition) is 5. The van der Waals surface area contributed by atoms with E-state index in [-0.39, 0.29) is 18.5 Å². The van der Waals surface area contributed by atoms with E-state index >= 15 is 0 Å². The highest BCUT2D eigenvalue weighted by Crippen LogP contribution is 2.10. The van der Waals surface area contributed by atoms with Gasteiger partial charge in [-0.1, -0.05) is 67.8 Å². The Morgan fingerprint density at radius 2 is 1.17 bits per heavy atom. The quantitative estimate of drug-likeness (QED) is 0.328. The average molecular weight is 398 g/mol. The van der Waals surface area contributed by atoms with Crippen LogP contribution in [0.5, 0.6) is 5.75 Å². The Labute approximate surface area is 173 Å². The third-order valence-corrected chi connectivity index (χ3v) is 4.36. The highest BCUT2D eigenvalue weighted by molar-refractivity contribution is 5.69. The van der Waals surface area contributed by atoms with Gasteiger partial charge in [-0.2, -0.15) is 0 Å². The monoisotopic (exact) mass is 398 g/mol. The van der Waals surface area contributed by atoms with Crippen molar-refractivity contribution in [2.75, 3.05) is 13.2 Å². The number of unbranched alkanes of at least 4 members (excludes halogenated alkanes) is 4. The van der Waals surface area contributed by atoms with Crippen LogP contribution in [-0.4, -0.2) is 25.2 Å². The molecule has 0 amide bonds. The van der Waals surface area contributed by atoms with E-state index < -0.39 is 0 Å². The molecule has 0 aliphatic rings. The number of carbonyl (C=O) groups is 2. The maximum Gasteiger partial charge on any atom is 0.306 e. The summed E-state index contributed by atoms with van der Waals surface area (Å²) in [5.74, 6) is 0.425. The fraction of sp³-hybridized carbons (Fsp3) is 0.417. The van der Waals surface area contributed by atoms with Crippen molar-refractivity contribution in [2.24, 2.45) is 0 Å². The van der Waals surface area contributed by atoms with Gasteiger partial charge in [-0.05, 0) is 30.5 Å². The molecule has 0 aliphatic heterocycles. The molecule has 0 unspecified atom stereocenters. The van der Waals surface area contributed by atoms with Gasteiger partial charge in [0.2, 0.25) is 0 Å². The van der Waals surface area contributed by atoms with Crippen molar-refractivity contribution in [3.05, 3.63) is 66.2 Å². The first kappa shape index (κ1) is 22.5. The van der Waals surface area contributed by atoms with Crippen molar-refractivity contribution in [1.29, 1.82) is 0 Å². The predicted molar refractivity (Wildman–Crippen MR) is 111 cm³/mol. The summed E-state index contributed by atoms with van der Waals surface area (Å²) in [6, 6.07) is 19.1. The molecule has 2 aromatic carbocycles. The lowest BCUT2D eigenvalue weighted by Crippen LogP contribution is -2.11. The largest absolute Gasteiger partial charge is 0.490 e. The predicted octanol–water partition coefficient (Wildman–Crippen LogP) is 5.08. The second kappa shape index (κ2) is 14.2. The fourth-order valence-corrected chi connectivity index (χ4v) is 2.78. The van der Waals surface area contributed by atoms with E-state index in [1.54, 1.807) is 0 Å². The van der Waals surface area contributed by atoms with Crippen molar-refractivity contribution in [3.63, 3.8) is 0 Å². The molecule has 0 aliphatic carbocycles. The van der Waals surface area contributed by atoms with Crippen LogP contribution in [0.2, 0.25) is 0 Å². The van der Waals surface area contributed by atoms with E-state index in [4.69, 9.17) is 14.2 Å². The van der Waals surface area contributed by atoms with Crippen LogP contribution >= 0.6 is 0 Å². The van der Waals surface area contributed by atoms with Crippen molar-refractivity contribution in [3.8, 4) is 5.75 Å². The van der Waals surface area contributed by atoms with Crippen LogP contribution in [0.25, 0.3) is 0 Å². The standard InChI is InChI=1S/C24H30O5/c25-23(28-19-18-27-22-14-8-5-9-15-22)16-10-2-1-3-11-17-24(26)29-20-21-12-6-4-7-13-21/h4-9,12-15H,1-3,10-11,16-20H2. The van der Waals surface area contributed by atoms with E-state index in [1.165, 1.54) is 0 Å². The van der Waals surface area contributed by atoms with Crippen LogP contribution in [0.4, 0.5) is 0 Å². The lowest BCUT2D eigenvalue weighted by atomic mass is 10.1. The molecule has 29 heavy (non-hydrogen) atoms. The number of carbonyl (C=O) groups excluding carboxylic acids is 2. The summed E-state index contributed by atoms with van der Waals surface area (Å²) in [4.78, 5) is 23.4. The highest BCUT2D eigenvalue weighted by atomic mass is 16.6. The molecule has 0 heterocycles. The Bertz CT molecular complexity index is 700. The summed E-state index contributed by atoms with van der Waals surface area (Å²) >= 11 is 0. The number of esters is 2. The zero-order valence-corrected chi connectivity index (χ0v) is 16.9. The summed E-state index contributed by atoms with van der Waals surface area (Å²) in [5, 5.41) is 0. The summed E-state index contributed by atoms with van der Waals surface area (Å²) in [5.41, 5.74) is 0.999. The van der Waals surface area contributed by atoms with Crippen molar-refractivity contribution < 1.29 is 23.8 Å². The summed E-state index contributed by atoms with van der Waals surface area (Å²) in [6.07, 6.45) is 5.39. The molecule has 0 spiro atoms. The third kappa shape index (κ3) is 10.9. The Balaban J connectivity index is 1.37. The van der Waals surface area contributed by atoms with Gasteiger partial charge >= 0.3 is 11.9 Å². The van der Waals surface area contributed by atoms with Crippen LogP contribution in [-0.2, 0) is 25.7 Å². The first-order valence-corrected chi connectivity index (χ1v) is 10.3. The van der Waals surface area contributed by atoms with Crippen molar-refractivity contribution in [2.45, 2.75) is 51.6 Å². The summed E-state index contributed by atoms with van der Waals surface area (Å²) in [6.45, 7) is 0.952. The van der Waals surface area contributed by atoms with Gasteiger partial charge in [0.15, 0.2) is 0 Å². The van der Waals surface area contributed by atoms with Gasteiger partial charge in [0, 0.05) is 12.8 Å². The summed E-state index contributed by atoms with van der Waals surface area (Å²) in [7, 11) is 0. The molecule has 0 bridgehead atoms. The Morgan fingerprint density at radius 1 is 0.621 bits per heavy atom. The topological polar surface area (TPSA) is 61.8 Å². The average Bonchev–Trinajstić information content (AvgIpc) is 2.76.